The number of benzene rings is 1. The van der Waals surface area contributed by atoms with Crippen molar-refractivity contribution in [1.29, 1.82) is 0 Å². The Labute approximate surface area is 205 Å². The lowest BCUT2D eigenvalue weighted by Gasteiger charge is -2.29. The molecule has 1 fully saturated rings. The Kier molecular flexibility index (Phi) is 7.45. The zero-order chi connectivity index (χ0) is 24.5. The zero-order valence-corrected chi connectivity index (χ0v) is 21.6. The Morgan fingerprint density at radius 1 is 1.09 bits per heavy atom. The second-order valence-electron chi connectivity index (χ2n) is 9.34. The first-order valence-electron chi connectivity index (χ1n) is 11.9. The predicted octanol–water partition coefficient (Wildman–Crippen LogP) is 4.72. The fourth-order valence-corrected chi connectivity index (χ4v) is 7.45. The third kappa shape index (κ3) is 5.06. The van der Waals surface area contributed by atoms with Crippen molar-refractivity contribution in [3.8, 4) is 0 Å². The summed E-state index contributed by atoms with van der Waals surface area (Å²) in [6.07, 6.45) is 4.37. The summed E-state index contributed by atoms with van der Waals surface area (Å²) in [6, 6.07) is 6.01. The van der Waals surface area contributed by atoms with Gasteiger partial charge in [-0.1, -0.05) is 13.8 Å². The standard InChI is InChI=1S/C25H32N2O5S2/c1-4-32-25(29)22-20-10-5-17(3)15-21(20)33-24(22)26-23(28)18-6-8-19(9-7-18)34(30,31)27-13-11-16(2)12-14-27/h6-9,16-17H,4-5,10-15H2,1-3H3,(H,26,28). The first-order chi connectivity index (χ1) is 16.2. The molecule has 1 amide bonds. The van der Waals surface area contributed by atoms with Gasteiger partial charge < -0.3 is 10.1 Å². The van der Waals surface area contributed by atoms with Gasteiger partial charge in [0.05, 0.1) is 17.1 Å². The Balaban J connectivity index is 1.54. The monoisotopic (exact) mass is 504 g/mol. The van der Waals surface area contributed by atoms with Crippen molar-refractivity contribution in [3.63, 3.8) is 0 Å². The van der Waals surface area contributed by atoms with Crippen LogP contribution in [0.15, 0.2) is 29.2 Å². The molecule has 4 rings (SSSR count). The quantitative estimate of drug-likeness (QED) is 0.575. The van der Waals surface area contributed by atoms with Crippen LogP contribution in [0.1, 0.15) is 71.2 Å². The smallest absolute Gasteiger partial charge is 0.341 e. The van der Waals surface area contributed by atoms with E-state index in [1.54, 1.807) is 6.92 Å². The minimum absolute atomic E-state index is 0.186. The number of piperidine rings is 1. The van der Waals surface area contributed by atoms with Crippen molar-refractivity contribution in [2.75, 3.05) is 25.0 Å². The molecule has 2 heterocycles. The maximum atomic E-state index is 13.0. The summed E-state index contributed by atoms with van der Waals surface area (Å²) in [6.45, 7) is 7.38. The van der Waals surface area contributed by atoms with Crippen LogP contribution in [0.25, 0.3) is 0 Å². The lowest BCUT2D eigenvalue weighted by Crippen LogP contribution is -2.37. The second-order valence-corrected chi connectivity index (χ2v) is 12.4. The van der Waals surface area contributed by atoms with Crippen LogP contribution in [0.4, 0.5) is 5.00 Å². The molecule has 0 radical (unpaired) electrons. The fourth-order valence-electron chi connectivity index (χ4n) is 4.59. The number of ether oxygens (including phenoxy) is 1. The number of fused-ring (bicyclic) bond motifs is 1. The molecule has 1 atom stereocenters. The molecule has 1 aromatic carbocycles. The second kappa shape index (κ2) is 10.2. The fraction of sp³-hybridized carbons (Fsp3) is 0.520. The molecule has 1 saturated heterocycles. The molecule has 1 unspecified atom stereocenters. The van der Waals surface area contributed by atoms with E-state index in [2.05, 4.69) is 19.2 Å². The van der Waals surface area contributed by atoms with Crippen LogP contribution < -0.4 is 5.32 Å². The highest BCUT2D eigenvalue weighted by atomic mass is 32.2. The molecule has 1 N–H and O–H groups in total. The summed E-state index contributed by atoms with van der Waals surface area (Å²) in [5, 5.41) is 3.39. The van der Waals surface area contributed by atoms with Gasteiger partial charge in [0.15, 0.2) is 0 Å². The molecule has 1 aliphatic heterocycles. The van der Waals surface area contributed by atoms with Crippen LogP contribution >= 0.6 is 11.3 Å². The van der Waals surface area contributed by atoms with E-state index in [0.717, 1.165) is 42.5 Å². The number of amides is 1. The van der Waals surface area contributed by atoms with Gasteiger partial charge in [-0.25, -0.2) is 13.2 Å². The number of sulfonamides is 1. The van der Waals surface area contributed by atoms with Crippen LogP contribution in [0.2, 0.25) is 0 Å². The van der Waals surface area contributed by atoms with Crippen molar-refractivity contribution < 1.29 is 22.7 Å². The molecule has 2 aliphatic rings. The number of hydrogen-bond acceptors (Lipinski definition) is 6. The SMILES string of the molecule is CCOC(=O)c1c(NC(=O)c2ccc(S(=O)(=O)N3CCC(C)CC3)cc2)sc2c1CCC(C)C2. The summed E-state index contributed by atoms with van der Waals surface area (Å²) in [4.78, 5) is 27.0. The van der Waals surface area contributed by atoms with E-state index in [0.29, 0.717) is 41.1 Å². The van der Waals surface area contributed by atoms with Crippen LogP contribution in [0.3, 0.4) is 0 Å². The molecule has 2 aromatic rings. The van der Waals surface area contributed by atoms with Crippen LogP contribution in [0.5, 0.6) is 0 Å². The highest BCUT2D eigenvalue weighted by molar-refractivity contribution is 7.89. The highest BCUT2D eigenvalue weighted by Gasteiger charge is 2.30. The van der Waals surface area contributed by atoms with E-state index in [4.69, 9.17) is 4.74 Å². The molecular formula is C25H32N2O5S2. The lowest BCUT2D eigenvalue weighted by molar-refractivity contribution is 0.0526. The van der Waals surface area contributed by atoms with Crippen molar-refractivity contribution in [2.24, 2.45) is 11.8 Å². The number of thiophene rings is 1. The van der Waals surface area contributed by atoms with E-state index in [9.17, 15) is 18.0 Å². The number of anilines is 1. The molecule has 0 spiro atoms. The van der Waals surface area contributed by atoms with Gasteiger partial charge in [0.1, 0.15) is 5.00 Å². The molecular weight excluding hydrogens is 472 g/mol. The molecule has 0 bridgehead atoms. The number of carbonyl (C=O) groups is 2. The minimum Gasteiger partial charge on any atom is -0.462 e. The van der Waals surface area contributed by atoms with Crippen molar-refractivity contribution in [2.45, 2.75) is 57.8 Å². The van der Waals surface area contributed by atoms with Crippen LogP contribution in [-0.2, 0) is 27.6 Å². The van der Waals surface area contributed by atoms with Gasteiger partial charge in [0.2, 0.25) is 10.0 Å². The van der Waals surface area contributed by atoms with Gasteiger partial charge >= 0.3 is 5.97 Å². The van der Waals surface area contributed by atoms with Gasteiger partial charge in [-0.3, -0.25) is 4.79 Å². The number of hydrogen-bond donors (Lipinski definition) is 1. The van der Waals surface area contributed by atoms with Crippen molar-refractivity contribution in [1.82, 2.24) is 4.31 Å². The van der Waals surface area contributed by atoms with Gasteiger partial charge in [-0.2, -0.15) is 4.31 Å². The molecule has 9 heteroatoms. The molecule has 7 nitrogen and oxygen atoms in total. The van der Waals surface area contributed by atoms with E-state index < -0.39 is 16.0 Å². The van der Waals surface area contributed by atoms with Crippen LogP contribution in [0, 0.1) is 11.8 Å². The maximum absolute atomic E-state index is 13.0. The molecule has 34 heavy (non-hydrogen) atoms. The first-order valence-corrected chi connectivity index (χ1v) is 14.2. The highest BCUT2D eigenvalue weighted by Crippen LogP contribution is 2.40. The molecule has 0 saturated carbocycles. The normalized spacial score (nSPS) is 19.4. The number of esters is 1. The summed E-state index contributed by atoms with van der Waals surface area (Å²) in [7, 11) is -3.58. The predicted molar refractivity (Wildman–Crippen MR) is 133 cm³/mol. The summed E-state index contributed by atoms with van der Waals surface area (Å²) < 4.78 is 32.7. The third-order valence-corrected chi connectivity index (χ3v) is 9.80. The third-order valence-electron chi connectivity index (χ3n) is 6.72. The maximum Gasteiger partial charge on any atom is 0.341 e. The molecule has 184 valence electrons. The number of nitrogens with one attached hydrogen (secondary N) is 1. The molecule has 1 aromatic heterocycles. The largest absolute Gasteiger partial charge is 0.462 e. The summed E-state index contributed by atoms with van der Waals surface area (Å²) in [5.74, 6) is 0.264. The van der Waals surface area contributed by atoms with E-state index in [1.807, 2.05) is 0 Å². The number of nitrogens with zero attached hydrogens (tertiary/aromatic N) is 1. The van der Waals surface area contributed by atoms with Crippen molar-refractivity contribution in [3.05, 3.63) is 45.8 Å². The van der Waals surface area contributed by atoms with Crippen LogP contribution in [-0.4, -0.2) is 44.3 Å². The van der Waals surface area contributed by atoms with E-state index in [1.165, 1.54) is 39.9 Å². The Hall–Kier alpha value is -2.23. The Bertz CT molecular complexity index is 1160. The topological polar surface area (TPSA) is 92.8 Å². The van der Waals surface area contributed by atoms with Gasteiger partial charge in [-0.15, -0.1) is 11.3 Å². The van der Waals surface area contributed by atoms with E-state index >= 15 is 0 Å². The Morgan fingerprint density at radius 2 is 1.76 bits per heavy atom. The average molecular weight is 505 g/mol. The Morgan fingerprint density at radius 3 is 2.41 bits per heavy atom. The minimum atomic E-state index is -3.58. The van der Waals surface area contributed by atoms with Crippen molar-refractivity contribution >= 4 is 38.2 Å². The van der Waals surface area contributed by atoms with Gasteiger partial charge in [0, 0.05) is 23.5 Å². The van der Waals surface area contributed by atoms with Gasteiger partial charge in [-0.05, 0) is 80.7 Å². The lowest BCUT2D eigenvalue weighted by atomic mass is 9.88. The summed E-state index contributed by atoms with van der Waals surface area (Å²) >= 11 is 1.43. The average Bonchev–Trinajstić information content (AvgIpc) is 3.16. The van der Waals surface area contributed by atoms with E-state index in [-0.39, 0.29) is 17.4 Å². The summed E-state index contributed by atoms with van der Waals surface area (Å²) in [5.41, 5.74) is 1.77. The number of rotatable bonds is 6. The number of carbonyl (C=O) groups excluding carboxylic acids is 2. The molecule has 1 aliphatic carbocycles. The zero-order valence-electron chi connectivity index (χ0n) is 19.9. The van der Waals surface area contributed by atoms with Gasteiger partial charge in [0.25, 0.3) is 5.91 Å². The first kappa shape index (κ1) is 24.9.